The summed E-state index contributed by atoms with van der Waals surface area (Å²) in [6.07, 6.45) is 7.40. The van der Waals surface area contributed by atoms with Crippen LogP contribution in [0.5, 0.6) is 0 Å². The lowest BCUT2D eigenvalue weighted by Crippen LogP contribution is -2.38. The van der Waals surface area contributed by atoms with Gasteiger partial charge in [-0.25, -0.2) is 15.0 Å². The number of rotatable bonds is 5. The highest BCUT2D eigenvalue weighted by molar-refractivity contribution is 5.91. The fourth-order valence-electron chi connectivity index (χ4n) is 2.57. The van der Waals surface area contributed by atoms with Gasteiger partial charge in [-0.05, 0) is 38.0 Å². The molecule has 1 atom stereocenters. The maximum Gasteiger partial charge on any atom is 0.242 e. The molecule has 0 saturated heterocycles. The molecule has 7 nitrogen and oxygen atoms in total. The molecule has 3 aromatic heterocycles. The lowest BCUT2D eigenvalue weighted by atomic mass is 10.2. The molecular weight excluding hydrogens is 304 g/mol. The number of pyridine rings is 1. The number of carbonyl (C=O) groups is 1. The van der Waals surface area contributed by atoms with Gasteiger partial charge in [-0.15, -0.1) is 0 Å². The van der Waals surface area contributed by atoms with Crippen molar-refractivity contribution in [2.24, 2.45) is 0 Å². The van der Waals surface area contributed by atoms with Gasteiger partial charge in [-0.2, -0.15) is 0 Å². The standard InChI is InChI=1S/C17H18N6O.3H2/c1-10(17(24)22-11-2-3-11)21-14-6-9-20-16(23-14)13-5-8-19-15-12(13)4-7-18-15;;;/h4-11H,2-3H2,1H3,(H,18,19)(H,22,24)(H,20,21,23);3*1H/t10-;;;/m0.../s1. The summed E-state index contributed by atoms with van der Waals surface area (Å²) in [5, 5.41) is 7.09. The number of nitrogens with zero attached hydrogens (tertiary/aromatic N) is 3. The van der Waals surface area contributed by atoms with E-state index in [4.69, 9.17) is 0 Å². The number of aromatic nitrogens is 4. The molecule has 1 amide bonds. The zero-order chi connectivity index (χ0) is 16.5. The van der Waals surface area contributed by atoms with Gasteiger partial charge in [-0.1, -0.05) is 0 Å². The first-order chi connectivity index (χ1) is 11.7. The first-order valence-electron chi connectivity index (χ1n) is 8.03. The molecule has 0 spiro atoms. The molecule has 3 N–H and O–H groups in total. The lowest BCUT2D eigenvalue weighted by molar-refractivity contribution is -0.121. The molecule has 1 aliphatic carbocycles. The maximum atomic E-state index is 12.1. The monoisotopic (exact) mass is 328 g/mol. The number of aromatic amines is 1. The van der Waals surface area contributed by atoms with Crippen LogP contribution in [0.3, 0.4) is 0 Å². The van der Waals surface area contributed by atoms with Crippen molar-refractivity contribution < 1.29 is 9.07 Å². The van der Waals surface area contributed by atoms with Gasteiger partial charge in [0, 0.05) is 39.9 Å². The van der Waals surface area contributed by atoms with Crippen LogP contribution in [0.25, 0.3) is 22.4 Å². The maximum absolute atomic E-state index is 12.1. The third kappa shape index (κ3) is 2.92. The first-order valence-corrected chi connectivity index (χ1v) is 8.03. The Labute approximate surface area is 143 Å². The number of carbonyl (C=O) groups excluding carboxylic acids is 1. The number of nitrogens with one attached hydrogen (secondary N) is 3. The SMILES string of the molecule is C[C@H](Nc1ccnc(-c2ccnc3[nH]ccc23)n1)C(=O)NC1CC1.[HH].[HH].[HH]. The zero-order valence-electron chi connectivity index (χ0n) is 13.3. The predicted octanol–water partition coefficient (Wildman–Crippen LogP) is 2.84. The molecule has 1 aliphatic rings. The first kappa shape index (κ1) is 14.6. The minimum atomic E-state index is -0.349. The van der Waals surface area contributed by atoms with E-state index in [2.05, 4.69) is 30.6 Å². The molecule has 0 radical (unpaired) electrons. The van der Waals surface area contributed by atoms with Gasteiger partial charge in [-0.3, -0.25) is 4.79 Å². The highest BCUT2D eigenvalue weighted by atomic mass is 16.2. The molecule has 3 aromatic rings. The van der Waals surface area contributed by atoms with Crippen molar-refractivity contribution in [3.63, 3.8) is 0 Å². The summed E-state index contributed by atoms with van der Waals surface area (Å²) in [4.78, 5) is 28.3. The molecule has 0 aromatic carbocycles. The fraction of sp³-hybridized carbons (Fsp3) is 0.294. The number of H-pyrrole nitrogens is 1. The second-order valence-electron chi connectivity index (χ2n) is 6.01. The van der Waals surface area contributed by atoms with Crippen LogP contribution < -0.4 is 10.6 Å². The van der Waals surface area contributed by atoms with Crippen LogP contribution in [0, 0.1) is 0 Å². The fourth-order valence-corrected chi connectivity index (χ4v) is 2.57. The van der Waals surface area contributed by atoms with Crippen LogP contribution in [0.4, 0.5) is 5.82 Å². The quantitative estimate of drug-likeness (QED) is 0.669. The van der Waals surface area contributed by atoms with Gasteiger partial charge in [0.2, 0.25) is 5.91 Å². The van der Waals surface area contributed by atoms with Crippen molar-refractivity contribution in [2.45, 2.75) is 31.8 Å². The Morgan fingerprint density at radius 2 is 2.12 bits per heavy atom. The molecule has 1 saturated carbocycles. The Balaban J connectivity index is 0.00000121. The van der Waals surface area contributed by atoms with Gasteiger partial charge in [0.25, 0.3) is 0 Å². The third-order valence-corrected chi connectivity index (χ3v) is 4.04. The normalized spacial score (nSPS) is 15.2. The molecule has 0 aliphatic heterocycles. The smallest absolute Gasteiger partial charge is 0.242 e. The van der Waals surface area contributed by atoms with E-state index in [0.717, 1.165) is 29.4 Å². The zero-order valence-corrected chi connectivity index (χ0v) is 13.3. The van der Waals surface area contributed by atoms with E-state index in [9.17, 15) is 4.79 Å². The van der Waals surface area contributed by atoms with Gasteiger partial charge < -0.3 is 15.6 Å². The molecular formula is C17H24N6O. The van der Waals surface area contributed by atoms with E-state index in [1.807, 2.05) is 25.3 Å². The van der Waals surface area contributed by atoms with Gasteiger partial charge in [0.15, 0.2) is 5.82 Å². The molecule has 7 heteroatoms. The Morgan fingerprint density at radius 3 is 2.96 bits per heavy atom. The summed E-state index contributed by atoms with van der Waals surface area (Å²) in [6, 6.07) is 5.60. The Morgan fingerprint density at radius 1 is 1.29 bits per heavy atom. The predicted molar refractivity (Wildman–Crippen MR) is 97.7 cm³/mol. The summed E-state index contributed by atoms with van der Waals surface area (Å²) in [5.74, 6) is 1.22. The Kier molecular flexibility index (Phi) is 3.60. The largest absolute Gasteiger partial charge is 0.359 e. The van der Waals surface area contributed by atoms with Crippen LogP contribution >= 0.6 is 0 Å². The minimum absolute atomic E-state index is 0. The van der Waals surface area contributed by atoms with Crippen molar-refractivity contribution >= 4 is 22.8 Å². The third-order valence-electron chi connectivity index (χ3n) is 4.04. The van der Waals surface area contributed by atoms with Crippen molar-refractivity contribution in [3.8, 4) is 11.4 Å². The van der Waals surface area contributed by atoms with E-state index >= 15 is 0 Å². The second-order valence-corrected chi connectivity index (χ2v) is 6.01. The van der Waals surface area contributed by atoms with Crippen molar-refractivity contribution in [1.29, 1.82) is 0 Å². The van der Waals surface area contributed by atoms with Crippen molar-refractivity contribution in [2.75, 3.05) is 5.32 Å². The molecule has 1 fully saturated rings. The molecule has 0 bridgehead atoms. The van der Waals surface area contributed by atoms with Crippen LogP contribution in [-0.4, -0.2) is 37.9 Å². The van der Waals surface area contributed by atoms with Gasteiger partial charge >= 0.3 is 0 Å². The van der Waals surface area contributed by atoms with Gasteiger partial charge in [0.05, 0.1) is 0 Å². The number of hydrogen-bond acceptors (Lipinski definition) is 5. The summed E-state index contributed by atoms with van der Waals surface area (Å²) in [6.45, 7) is 1.83. The molecule has 4 rings (SSSR count). The van der Waals surface area contributed by atoms with Crippen molar-refractivity contribution in [3.05, 3.63) is 36.8 Å². The second kappa shape index (κ2) is 5.92. The summed E-state index contributed by atoms with van der Waals surface area (Å²) >= 11 is 0. The molecule has 3 heterocycles. The number of amides is 1. The van der Waals surface area contributed by atoms with Crippen molar-refractivity contribution in [1.82, 2.24) is 25.3 Å². The molecule has 128 valence electrons. The topological polar surface area (TPSA) is 95.6 Å². The summed E-state index contributed by atoms with van der Waals surface area (Å²) < 4.78 is 0. The summed E-state index contributed by atoms with van der Waals surface area (Å²) in [5.41, 5.74) is 1.70. The lowest BCUT2D eigenvalue weighted by Gasteiger charge is -2.14. The highest BCUT2D eigenvalue weighted by Gasteiger charge is 2.25. The minimum Gasteiger partial charge on any atom is -0.359 e. The summed E-state index contributed by atoms with van der Waals surface area (Å²) in [7, 11) is 0. The number of anilines is 1. The van der Waals surface area contributed by atoms with E-state index in [1.54, 1.807) is 18.5 Å². The average molecular weight is 328 g/mol. The average Bonchev–Trinajstić information content (AvgIpc) is 3.27. The highest BCUT2D eigenvalue weighted by Crippen LogP contribution is 2.24. The van der Waals surface area contributed by atoms with E-state index < -0.39 is 0 Å². The van der Waals surface area contributed by atoms with E-state index in [0.29, 0.717) is 17.7 Å². The number of hydrogen-bond donors (Lipinski definition) is 3. The van der Waals surface area contributed by atoms with E-state index in [-0.39, 0.29) is 16.2 Å². The van der Waals surface area contributed by atoms with Crippen LogP contribution in [0.1, 0.15) is 24.0 Å². The van der Waals surface area contributed by atoms with Crippen LogP contribution in [-0.2, 0) is 4.79 Å². The van der Waals surface area contributed by atoms with Crippen LogP contribution in [0.2, 0.25) is 0 Å². The Hall–Kier alpha value is -2.96. The molecule has 0 unspecified atom stereocenters. The van der Waals surface area contributed by atoms with Gasteiger partial charge in [0.1, 0.15) is 17.5 Å². The Bertz CT molecular complexity index is 899. The van der Waals surface area contributed by atoms with Crippen LogP contribution in [0.15, 0.2) is 36.8 Å². The molecule has 24 heavy (non-hydrogen) atoms. The van der Waals surface area contributed by atoms with E-state index in [1.165, 1.54) is 0 Å². The number of fused-ring (bicyclic) bond motifs is 1.